The van der Waals surface area contributed by atoms with Crippen molar-refractivity contribution in [2.45, 2.75) is 32.6 Å². The molecule has 0 aliphatic carbocycles. The zero-order valence-corrected chi connectivity index (χ0v) is 13.5. The van der Waals surface area contributed by atoms with Gasteiger partial charge in [0.1, 0.15) is 0 Å². The third-order valence-corrected chi connectivity index (χ3v) is 3.70. The van der Waals surface area contributed by atoms with Gasteiger partial charge in [0.25, 0.3) is 0 Å². The van der Waals surface area contributed by atoms with Gasteiger partial charge in [-0.3, -0.25) is 9.59 Å². The molecular formula is C15H21BrN2O2. The second-order valence-electron chi connectivity index (χ2n) is 4.81. The molecule has 0 spiro atoms. The number of benzene rings is 1. The van der Waals surface area contributed by atoms with Crippen molar-refractivity contribution >= 4 is 27.7 Å². The van der Waals surface area contributed by atoms with E-state index in [2.05, 4.69) is 26.6 Å². The van der Waals surface area contributed by atoms with Crippen LogP contribution in [0.2, 0.25) is 0 Å². The number of nitrogens with one attached hydrogen (secondary N) is 2. The van der Waals surface area contributed by atoms with Crippen molar-refractivity contribution in [1.29, 1.82) is 0 Å². The van der Waals surface area contributed by atoms with Crippen LogP contribution in [0.1, 0.15) is 38.2 Å². The molecule has 1 aromatic rings. The molecule has 2 N–H and O–H groups in total. The normalized spacial score (nSPS) is 11.8. The van der Waals surface area contributed by atoms with Crippen molar-refractivity contribution in [3.8, 4) is 0 Å². The highest BCUT2D eigenvalue weighted by Crippen LogP contribution is 2.26. The van der Waals surface area contributed by atoms with Gasteiger partial charge in [0, 0.05) is 30.9 Å². The molecule has 0 aromatic heterocycles. The average molecular weight is 341 g/mol. The van der Waals surface area contributed by atoms with Gasteiger partial charge in [0.05, 0.1) is 0 Å². The van der Waals surface area contributed by atoms with Crippen LogP contribution in [0.15, 0.2) is 28.7 Å². The molecule has 20 heavy (non-hydrogen) atoms. The molecule has 0 heterocycles. The predicted octanol–water partition coefficient (Wildman–Crippen LogP) is 2.59. The summed E-state index contributed by atoms with van der Waals surface area (Å²) in [6.45, 7) is 4.70. The van der Waals surface area contributed by atoms with Crippen molar-refractivity contribution in [3.05, 3.63) is 34.3 Å². The van der Waals surface area contributed by atoms with E-state index in [1.165, 1.54) is 6.92 Å². The number of carbonyl (C=O) groups is 2. The van der Waals surface area contributed by atoms with Crippen LogP contribution in [0.25, 0.3) is 0 Å². The van der Waals surface area contributed by atoms with E-state index in [0.29, 0.717) is 19.5 Å². The first-order valence-corrected chi connectivity index (χ1v) is 7.55. The first-order chi connectivity index (χ1) is 9.50. The van der Waals surface area contributed by atoms with Crippen LogP contribution in [0, 0.1) is 0 Å². The molecule has 0 unspecified atom stereocenters. The molecule has 4 nitrogen and oxygen atoms in total. The standard InChI is InChI=1S/C15H21BrN2O2/c1-11(13-6-3-4-7-14(13)16)10-15(20)18-9-5-8-17-12(2)19/h3-4,6-7,11H,5,8-10H2,1-2H3,(H,17,19)(H,18,20)/t11-/m1/s1. The summed E-state index contributed by atoms with van der Waals surface area (Å²) in [6, 6.07) is 7.94. The molecule has 1 aromatic carbocycles. The smallest absolute Gasteiger partial charge is 0.220 e. The van der Waals surface area contributed by atoms with Gasteiger partial charge in [0.15, 0.2) is 0 Å². The van der Waals surface area contributed by atoms with Crippen LogP contribution in [0.3, 0.4) is 0 Å². The Hall–Kier alpha value is -1.36. The second-order valence-corrected chi connectivity index (χ2v) is 5.67. The monoisotopic (exact) mass is 340 g/mol. The number of halogens is 1. The van der Waals surface area contributed by atoms with E-state index < -0.39 is 0 Å². The Labute approximate surface area is 128 Å². The quantitative estimate of drug-likeness (QED) is 0.749. The van der Waals surface area contributed by atoms with E-state index in [-0.39, 0.29) is 17.7 Å². The summed E-state index contributed by atoms with van der Waals surface area (Å²) in [6.07, 6.45) is 1.21. The van der Waals surface area contributed by atoms with Gasteiger partial charge >= 0.3 is 0 Å². The minimum atomic E-state index is -0.0427. The highest BCUT2D eigenvalue weighted by atomic mass is 79.9. The van der Waals surface area contributed by atoms with Crippen molar-refractivity contribution in [3.63, 3.8) is 0 Å². The van der Waals surface area contributed by atoms with Crippen LogP contribution in [-0.2, 0) is 9.59 Å². The fourth-order valence-corrected chi connectivity index (χ4v) is 2.59. The molecule has 0 saturated heterocycles. The van der Waals surface area contributed by atoms with Gasteiger partial charge in [0.2, 0.25) is 11.8 Å². The van der Waals surface area contributed by atoms with Gasteiger partial charge in [-0.2, -0.15) is 0 Å². The van der Waals surface area contributed by atoms with Crippen LogP contribution in [0.4, 0.5) is 0 Å². The molecule has 2 amide bonds. The highest BCUT2D eigenvalue weighted by Gasteiger charge is 2.13. The van der Waals surface area contributed by atoms with Gasteiger partial charge in [-0.25, -0.2) is 0 Å². The minimum Gasteiger partial charge on any atom is -0.356 e. The van der Waals surface area contributed by atoms with Crippen molar-refractivity contribution in [2.24, 2.45) is 0 Å². The maximum absolute atomic E-state index is 11.8. The summed E-state index contributed by atoms with van der Waals surface area (Å²) >= 11 is 3.50. The molecule has 0 bridgehead atoms. The Kier molecular flexibility index (Phi) is 7.30. The van der Waals surface area contributed by atoms with Gasteiger partial charge in [-0.1, -0.05) is 41.1 Å². The van der Waals surface area contributed by atoms with Crippen molar-refractivity contribution < 1.29 is 9.59 Å². The maximum Gasteiger partial charge on any atom is 0.220 e. The minimum absolute atomic E-state index is 0.0380. The fraction of sp³-hybridized carbons (Fsp3) is 0.467. The number of hydrogen-bond acceptors (Lipinski definition) is 2. The Morgan fingerprint density at radius 2 is 1.85 bits per heavy atom. The van der Waals surface area contributed by atoms with E-state index in [0.717, 1.165) is 16.5 Å². The Morgan fingerprint density at radius 3 is 2.50 bits per heavy atom. The van der Waals surface area contributed by atoms with E-state index in [1.54, 1.807) is 0 Å². The van der Waals surface area contributed by atoms with Gasteiger partial charge in [-0.15, -0.1) is 0 Å². The van der Waals surface area contributed by atoms with Gasteiger partial charge < -0.3 is 10.6 Å². The van der Waals surface area contributed by atoms with Crippen LogP contribution in [-0.4, -0.2) is 24.9 Å². The number of amides is 2. The van der Waals surface area contributed by atoms with E-state index >= 15 is 0 Å². The first-order valence-electron chi connectivity index (χ1n) is 6.76. The SMILES string of the molecule is CC(=O)NCCCNC(=O)C[C@@H](C)c1ccccc1Br. The summed E-state index contributed by atoms with van der Waals surface area (Å²) in [5.74, 6) is 0.163. The van der Waals surface area contributed by atoms with Crippen LogP contribution in [0.5, 0.6) is 0 Å². The Bertz CT molecular complexity index is 463. The number of rotatable bonds is 7. The fourth-order valence-electron chi connectivity index (χ4n) is 1.92. The summed E-state index contributed by atoms with van der Waals surface area (Å²) < 4.78 is 1.03. The Morgan fingerprint density at radius 1 is 1.20 bits per heavy atom. The summed E-state index contributed by atoms with van der Waals surface area (Å²) in [7, 11) is 0. The molecule has 5 heteroatoms. The third kappa shape index (κ3) is 6.19. The predicted molar refractivity (Wildman–Crippen MR) is 83.5 cm³/mol. The van der Waals surface area contributed by atoms with Gasteiger partial charge in [-0.05, 0) is 24.0 Å². The molecule has 1 atom stereocenters. The van der Waals surface area contributed by atoms with Crippen LogP contribution < -0.4 is 10.6 Å². The Balaban J connectivity index is 2.28. The van der Waals surface area contributed by atoms with Crippen molar-refractivity contribution in [1.82, 2.24) is 10.6 Å². The number of hydrogen-bond donors (Lipinski definition) is 2. The maximum atomic E-state index is 11.8. The lowest BCUT2D eigenvalue weighted by Gasteiger charge is -2.13. The largest absolute Gasteiger partial charge is 0.356 e. The first kappa shape index (κ1) is 16.7. The van der Waals surface area contributed by atoms with E-state index in [9.17, 15) is 9.59 Å². The zero-order chi connectivity index (χ0) is 15.0. The molecule has 110 valence electrons. The summed E-state index contributed by atoms with van der Waals surface area (Å²) in [4.78, 5) is 22.5. The molecule has 1 rings (SSSR count). The third-order valence-electron chi connectivity index (χ3n) is 2.98. The second kappa shape index (κ2) is 8.74. The molecular weight excluding hydrogens is 320 g/mol. The molecule has 0 radical (unpaired) electrons. The average Bonchev–Trinajstić information content (AvgIpc) is 2.38. The molecule has 0 fully saturated rings. The van der Waals surface area contributed by atoms with Crippen LogP contribution >= 0.6 is 15.9 Å². The molecule has 0 saturated carbocycles. The lowest BCUT2D eigenvalue weighted by atomic mass is 9.97. The molecule has 0 aliphatic rings. The van der Waals surface area contributed by atoms with E-state index in [4.69, 9.17) is 0 Å². The summed E-state index contributed by atoms with van der Waals surface area (Å²) in [5.41, 5.74) is 1.14. The topological polar surface area (TPSA) is 58.2 Å². The number of carbonyl (C=O) groups excluding carboxylic acids is 2. The lowest BCUT2D eigenvalue weighted by Crippen LogP contribution is -2.29. The highest BCUT2D eigenvalue weighted by molar-refractivity contribution is 9.10. The zero-order valence-electron chi connectivity index (χ0n) is 11.9. The molecule has 0 aliphatic heterocycles. The summed E-state index contributed by atoms with van der Waals surface area (Å²) in [5, 5.41) is 5.57. The van der Waals surface area contributed by atoms with Crippen molar-refractivity contribution in [2.75, 3.05) is 13.1 Å². The lowest BCUT2D eigenvalue weighted by molar-refractivity contribution is -0.121. The van der Waals surface area contributed by atoms with E-state index in [1.807, 2.05) is 31.2 Å².